The highest BCUT2D eigenvalue weighted by molar-refractivity contribution is 8.03. The molecule has 0 aliphatic carbocycles. The standard InChI is InChI=1S/C16H14BNO3S/c1-10-9-12(17(20)21)7-8-14(10)18-11(2)22-15-6-4-3-5-13(15)16(18)19/h3-9,20-21H,2H2,1H3. The van der Waals surface area contributed by atoms with Crippen molar-refractivity contribution in [1.82, 2.24) is 0 Å². The normalized spacial score (nSPS) is 14.0. The lowest BCUT2D eigenvalue weighted by molar-refractivity contribution is 0.0992. The van der Waals surface area contributed by atoms with Crippen LogP contribution in [0.3, 0.4) is 0 Å². The first kappa shape index (κ1) is 14.9. The van der Waals surface area contributed by atoms with E-state index in [1.807, 2.05) is 25.1 Å². The van der Waals surface area contributed by atoms with Crippen LogP contribution in [0.2, 0.25) is 0 Å². The topological polar surface area (TPSA) is 60.8 Å². The Morgan fingerprint density at radius 3 is 2.59 bits per heavy atom. The third-order valence-electron chi connectivity index (χ3n) is 3.56. The van der Waals surface area contributed by atoms with Gasteiger partial charge < -0.3 is 10.0 Å². The Balaban J connectivity index is 2.06. The van der Waals surface area contributed by atoms with Gasteiger partial charge in [-0.3, -0.25) is 9.69 Å². The number of aryl methyl sites for hydroxylation is 1. The van der Waals surface area contributed by atoms with E-state index in [0.29, 0.717) is 21.7 Å². The second-order valence-electron chi connectivity index (χ2n) is 5.05. The van der Waals surface area contributed by atoms with Gasteiger partial charge in [-0.25, -0.2) is 0 Å². The Bertz CT molecular complexity index is 776. The zero-order chi connectivity index (χ0) is 15.9. The Morgan fingerprint density at radius 2 is 1.91 bits per heavy atom. The van der Waals surface area contributed by atoms with Gasteiger partial charge in [0, 0.05) is 4.90 Å². The van der Waals surface area contributed by atoms with Crippen molar-refractivity contribution in [3.8, 4) is 0 Å². The third-order valence-corrected chi connectivity index (χ3v) is 4.55. The van der Waals surface area contributed by atoms with Gasteiger partial charge in [0.25, 0.3) is 5.91 Å². The van der Waals surface area contributed by atoms with E-state index in [4.69, 9.17) is 0 Å². The smallest absolute Gasteiger partial charge is 0.423 e. The molecule has 0 saturated carbocycles. The zero-order valence-corrected chi connectivity index (χ0v) is 12.8. The minimum absolute atomic E-state index is 0.125. The number of nitrogens with zero attached hydrogens (tertiary/aromatic N) is 1. The minimum atomic E-state index is -1.52. The molecular formula is C16H14BNO3S. The lowest BCUT2D eigenvalue weighted by atomic mass is 9.79. The van der Waals surface area contributed by atoms with Gasteiger partial charge in [0.15, 0.2) is 0 Å². The van der Waals surface area contributed by atoms with Crippen molar-refractivity contribution in [3.63, 3.8) is 0 Å². The second kappa shape index (κ2) is 5.64. The number of hydrogen-bond donors (Lipinski definition) is 2. The van der Waals surface area contributed by atoms with Gasteiger partial charge in [-0.05, 0) is 36.1 Å². The van der Waals surface area contributed by atoms with E-state index in [0.717, 1.165) is 10.5 Å². The molecule has 0 atom stereocenters. The van der Waals surface area contributed by atoms with Gasteiger partial charge >= 0.3 is 7.12 Å². The number of thioether (sulfide) groups is 1. The van der Waals surface area contributed by atoms with E-state index in [9.17, 15) is 14.8 Å². The van der Waals surface area contributed by atoms with Crippen LogP contribution in [0, 0.1) is 6.92 Å². The average molecular weight is 311 g/mol. The fraction of sp³-hybridized carbons (Fsp3) is 0.0625. The molecule has 3 rings (SSSR count). The zero-order valence-electron chi connectivity index (χ0n) is 12.0. The first-order valence-electron chi connectivity index (χ1n) is 6.76. The molecule has 2 aromatic carbocycles. The monoisotopic (exact) mass is 311 g/mol. The summed E-state index contributed by atoms with van der Waals surface area (Å²) in [7, 11) is -1.52. The third kappa shape index (κ3) is 2.45. The van der Waals surface area contributed by atoms with E-state index in [2.05, 4.69) is 6.58 Å². The number of fused-ring (bicyclic) bond motifs is 1. The molecule has 6 heteroatoms. The number of hydrogen-bond acceptors (Lipinski definition) is 4. The quantitative estimate of drug-likeness (QED) is 0.832. The maximum Gasteiger partial charge on any atom is 0.488 e. The molecule has 2 N–H and O–H groups in total. The Morgan fingerprint density at radius 1 is 1.18 bits per heavy atom. The van der Waals surface area contributed by atoms with Gasteiger partial charge in [0.1, 0.15) is 0 Å². The predicted molar refractivity (Wildman–Crippen MR) is 89.3 cm³/mol. The van der Waals surface area contributed by atoms with Crippen LogP contribution in [0.25, 0.3) is 0 Å². The number of carbonyl (C=O) groups excluding carboxylic acids is 1. The van der Waals surface area contributed by atoms with Crippen LogP contribution in [0.4, 0.5) is 5.69 Å². The van der Waals surface area contributed by atoms with Gasteiger partial charge in [-0.1, -0.05) is 42.6 Å². The summed E-state index contributed by atoms with van der Waals surface area (Å²) in [6.45, 7) is 5.82. The van der Waals surface area contributed by atoms with Crippen LogP contribution in [-0.4, -0.2) is 23.1 Å². The summed E-state index contributed by atoms with van der Waals surface area (Å²) in [5.41, 5.74) is 2.51. The van der Waals surface area contributed by atoms with Crippen molar-refractivity contribution in [2.24, 2.45) is 0 Å². The van der Waals surface area contributed by atoms with E-state index < -0.39 is 7.12 Å². The summed E-state index contributed by atoms with van der Waals surface area (Å²) >= 11 is 1.45. The summed E-state index contributed by atoms with van der Waals surface area (Å²) in [5.74, 6) is -0.125. The molecule has 22 heavy (non-hydrogen) atoms. The van der Waals surface area contributed by atoms with Crippen LogP contribution in [0.1, 0.15) is 15.9 Å². The molecule has 0 radical (unpaired) electrons. The largest absolute Gasteiger partial charge is 0.488 e. The predicted octanol–water partition coefficient (Wildman–Crippen LogP) is 1.90. The van der Waals surface area contributed by atoms with E-state index >= 15 is 0 Å². The summed E-state index contributed by atoms with van der Waals surface area (Å²) in [4.78, 5) is 15.2. The molecule has 0 bridgehead atoms. The number of amides is 1. The van der Waals surface area contributed by atoms with E-state index in [-0.39, 0.29) is 5.91 Å². The van der Waals surface area contributed by atoms with Gasteiger partial charge in [-0.15, -0.1) is 0 Å². The lowest BCUT2D eigenvalue weighted by Gasteiger charge is -2.31. The number of carbonyl (C=O) groups is 1. The molecule has 110 valence electrons. The highest BCUT2D eigenvalue weighted by Crippen LogP contribution is 2.40. The summed E-state index contributed by atoms with van der Waals surface area (Å²) in [6.07, 6.45) is 0. The first-order valence-corrected chi connectivity index (χ1v) is 7.57. The van der Waals surface area contributed by atoms with Gasteiger partial charge in [0.2, 0.25) is 0 Å². The van der Waals surface area contributed by atoms with Crippen LogP contribution in [0.15, 0.2) is 59.0 Å². The second-order valence-corrected chi connectivity index (χ2v) is 6.17. The van der Waals surface area contributed by atoms with Crippen LogP contribution < -0.4 is 10.4 Å². The maximum absolute atomic E-state index is 12.8. The molecule has 2 aromatic rings. The van der Waals surface area contributed by atoms with Gasteiger partial charge in [-0.2, -0.15) is 0 Å². The van der Waals surface area contributed by atoms with Crippen molar-refractivity contribution in [2.45, 2.75) is 11.8 Å². The Hall–Kier alpha value is -2.02. The summed E-state index contributed by atoms with van der Waals surface area (Å²) in [6, 6.07) is 12.4. The molecular weight excluding hydrogens is 297 g/mol. The molecule has 0 fully saturated rings. The van der Waals surface area contributed by atoms with Crippen molar-refractivity contribution in [3.05, 3.63) is 65.2 Å². The number of benzene rings is 2. The van der Waals surface area contributed by atoms with E-state index in [1.165, 1.54) is 11.8 Å². The molecule has 0 unspecified atom stereocenters. The van der Waals surface area contributed by atoms with Crippen LogP contribution in [0.5, 0.6) is 0 Å². The number of rotatable bonds is 2. The Labute approximate surface area is 133 Å². The molecule has 0 saturated heterocycles. The molecule has 1 heterocycles. The molecule has 4 nitrogen and oxygen atoms in total. The molecule has 1 aliphatic rings. The highest BCUT2D eigenvalue weighted by atomic mass is 32.2. The minimum Gasteiger partial charge on any atom is -0.423 e. The van der Waals surface area contributed by atoms with Crippen molar-refractivity contribution < 1.29 is 14.8 Å². The molecule has 1 aliphatic heterocycles. The summed E-state index contributed by atoms with van der Waals surface area (Å²) < 4.78 is 0. The molecule has 1 amide bonds. The van der Waals surface area contributed by atoms with Crippen LogP contribution >= 0.6 is 11.8 Å². The lowest BCUT2D eigenvalue weighted by Crippen LogP contribution is -2.34. The maximum atomic E-state index is 12.8. The summed E-state index contributed by atoms with van der Waals surface area (Å²) in [5, 5.41) is 19.1. The molecule has 0 aromatic heterocycles. The van der Waals surface area contributed by atoms with E-state index in [1.54, 1.807) is 29.2 Å². The Kier molecular flexibility index (Phi) is 3.82. The van der Waals surface area contributed by atoms with Gasteiger partial charge in [0.05, 0.1) is 16.3 Å². The average Bonchev–Trinajstić information content (AvgIpc) is 2.48. The first-order chi connectivity index (χ1) is 10.5. The van der Waals surface area contributed by atoms with Crippen molar-refractivity contribution in [2.75, 3.05) is 4.90 Å². The SMILES string of the molecule is C=C1Sc2ccccc2C(=O)N1c1ccc(B(O)O)cc1C. The fourth-order valence-electron chi connectivity index (χ4n) is 2.47. The van der Waals surface area contributed by atoms with Crippen LogP contribution in [-0.2, 0) is 0 Å². The van der Waals surface area contributed by atoms with Crippen molar-refractivity contribution in [1.29, 1.82) is 0 Å². The molecule has 0 spiro atoms. The van der Waals surface area contributed by atoms with Crippen molar-refractivity contribution >= 4 is 35.9 Å². The number of anilines is 1. The fourth-order valence-corrected chi connectivity index (χ4v) is 3.41. The highest BCUT2D eigenvalue weighted by Gasteiger charge is 2.30.